The molecule has 0 N–H and O–H groups in total. The van der Waals surface area contributed by atoms with Crippen molar-refractivity contribution in [3.63, 3.8) is 0 Å². The largest absolute Gasteiger partial charge is 0.179 e. The first kappa shape index (κ1) is 7.20. The molecule has 0 bridgehead atoms. The van der Waals surface area contributed by atoms with Gasteiger partial charge in [-0.3, -0.25) is 0 Å². The first-order chi connectivity index (χ1) is 4.34. The second-order valence-electron chi connectivity index (χ2n) is 2.78. The monoisotopic (exact) mass is 142 g/mol. The molecule has 0 radical (unpaired) electrons. The van der Waals surface area contributed by atoms with Crippen molar-refractivity contribution in [1.29, 1.82) is 0 Å². The fourth-order valence-corrected chi connectivity index (χ4v) is 1.81. The first-order valence-electron chi connectivity index (χ1n) is 3.63. The second kappa shape index (κ2) is 3.31. The lowest BCUT2D eigenvalue weighted by Gasteiger charge is -2.22. The Morgan fingerprint density at radius 2 is 2.33 bits per heavy atom. The van der Waals surface area contributed by atoms with Gasteiger partial charge >= 0.3 is 0 Å². The van der Waals surface area contributed by atoms with Crippen molar-refractivity contribution >= 4 is 12.6 Å². The quantitative estimate of drug-likeness (QED) is 0.422. The second-order valence-corrected chi connectivity index (χ2v) is 3.15. The van der Waals surface area contributed by atoms with Crippen LogP contribution in [0.2, 0.25) is 0 Å². The van der Waals surface area contributed by atoms with Crippen LogP contribution in [0.3, 0.4) is 0 Å². The topological polar surface area (TPSA) is 0 Å². The molecule has 52 valence electrons. The normalized spacial score (nSPS) is 28.6. The Labute approximate surface area is 62.8 Å². The Kier molecular flexibility index (Phi) is 2.65. The Morgan fingerprint density at radius 3 is 2.78 bits per heavy atom. The number of hydrogen-bond acceptors (Lipinski definition) is 1. The minimum Gasteiger partial charge on any atom is -0.179 e. The van der Waals surface area contributed by atoms with Crippen molar-refractivity contribution in [2.24, 2.45) is 5.92 Å². The summed E-state index contributed by atoms with van der Waals surface area (Å²) in [7, 11) is 0. The van der Waals surface area contributed by atoms with Gasteiger partial charge in [0, 0.05) is 0 Å². The number of allylic oxidation sites excluding steroid dienone is 1. The van der Waals surface area contributed by atoms with Crippen molar-refractivity contribution in [3.8, 4) is 0 Å². The first-order valence-corrected chi connectivity index (χ1v) is 4.26. The standard InChI is InChI=1S/C8H14S/c1-7-4-2-3-5-8(7)6-9/h8-9H,1-6H2. The SMILES string of the molecule is C=C1CCCCC1CS. The van der Waals surface area contributed by atoms with Gasteiger partial charge in [-0.15, -0.1) is 0 Å². The predicted molar refractivity (Wildman–Crippen MR) is 45.0 cm³/mol. The number of rotatable bonds is 1. The van der Waals surface area contributed by atoms with Gasteiger partial charge in [0.25, 0.3) is 0 Å². The average molecular weight is 142 g/mol. The van der Waals surface area contributed by atoms with E-state index < -0.39 is 0 Å². The summed E-state index contributed by atoms with van der Waals surface area (Å²) in [5.41, 5.74) is 1.43. The zero-order valence-corrected chi connectivity index (χ0v) is 6.66. The van der Waals surface area contributed by atoms with Crippen LogP contribution in [-0.2, 0) is 0 Å². The summed E-state index contributed by atoms with van der Waals surface area (Å²) in [6.07, 6.45) is 5.29. The van der Waals surface area contributed by atoms with Crippen LogP contribution >= 0.6 is 12.6 Å². The van der Waals surface area contributed by atoms with Gasteiger partial charge in [0.1, 0.15) is 0 Å². The van der Waals surface area contributed by atoms with E-state index in [4.69, 9.17) is 0 Å². The van der Waals surface area contributed by atoms with Crippen LogP contribution in [0.5, 0.6) is 0 Å². The van der Waals surface area contributed by atoms with Crippen molar-refractivity contribution < 1.29 is 0 Å². The molecule has 0 spiro atoms. The fourth-order valence-electron chi connectivity index (χ4n) is 1.37. The van der Waals surface area contributed by atoms with Crippen LogP contribution in [0.25, 0.3) is 0 Å². The lowest BCUT2D eigenvalue weighted by atomic mass is 9.87. The molecule has 0 aromatic heterocycles. The van der Waals surface area contributed by atoms with Gasteiger partial charge in [-0.1, -0.05) is 18.6 Å². The van der Waals surface area contributed by atoms with Crippen LogP contribution in [-0.4, -0.2) is 5.75 Å². The van der Waals surface area contributed by atoms with Gasteiger partial charge < -0.3 is 0 Å². The Bertz CT molecular complexity index is 107. The summed E-state index contributed by atoms with van der Waals surface area (Å²) in [6, 6.07) is 0. The average Bonchev–Trinajstić information content (AvgIpc) is 1.89. The van der Waals surface area contributed by atoms with E-state index in [0.717, 1.165) is 11.7 Å². The summed E-state index contributed by atoms with van der Waals surface area (Å²) in [5.74, 6) is 1.72. The van der Waals surface area contributed by atoms with Gasteiger partial charge in [-0.2, -0.15) is 12.6 Å². The van der Waals surface area contributed by atoms with Gasteiger partial charge in [-0.25, -0.2) is 0 Å². The zero-order valence-electron chi connectivity index (χ0n) is 5.77. The molecular weight excluding hydrogens is 128 g/mol. The molecule has 1 aliphatic carbocycles. The molecule has 1 unspecified atom stereocenters. The molecule has 1 heteroatoms. The summed E-state index contributed by atoms with van der Waals surface area (Å²) in [4.78, 5) is 0. The molecule has 1 fully saturated rings. The van der Waals surface area contributed by atoms with Gasteiger partial charge in [0.15, 0.2) is 0 Å². The highest BCUT2D eigenvalue weighted by Gasteiger charge is 2.14. The predicted octanol–water partition coefficient (Wildman–Crippen LogP) is 2.66. The molecule has 0 heterocycles. The van der Waals surface area contributed by atoms with E-state index in [0.29, 0.717) is 0 Å². The smallest absolute Gasteiger partial charge is 0.00322 e. The maximum absolute atomic E-state index is 4.26. The van der Waals surface area contributed by atoms with Gasteiger partial charge in [-0.05, 0) is 30.9 Å². The molecule has 0 amide bonds. The fraction of sp³-hybridized carbons (Fsp3) is 0.750. The molecule has 0 aromatic rings. The molecule has 0 saturated heterocycles. The van der Waals surface area contributed by atoms with Gasteiger partial charge in [0.05, 0.1) is 0 Å². The van der Waals surface area contributed by atoms with E-state index in [9.17, 15) is 0 Å². The van der Waals surface area contributed by atoms with Crippen molar-refractivity contribution in [2.75, 3.05) is 5.75 Å². The van der Waals surface area contributed by atoms with E-state index in [1.807, 2.05) is 0 Å². The van der Waals surface area contributed by atoms with Crippen LogP contribution in [0.15, 0.2) is 12.2 Å². The lowest BCUT2D eigenvalue weighted by Crippen LogP contribution is -2.10. The van der Waals surface area contributed by atoms with Gasteiger partial charge in [0.2, 0.25) is 0 Å². The Balaban J connectivity index is 2.39. The van der Waals surface area contributed by atoms with E-state index >= 15 is 0 Å². The Hall–Kier alpha value is 0.0900. The van der Waals surface area contributed by atoms with E-state index in [1.165, 1.54) is 31.3 Å². The summed E-state index contributed by atoms with van der Waals surface area (Å²) in [6.45, 7) is 4.02. The minimum atomic E-state index is 0.724. The maximum atomic E-state index is 4.26. The summed E-state index contributed by atoms with van der Waals surface area (Å²) in [5, 5.41) is 0. The van der Waals surface area contributed by atoms with Crippen LogP contribution in [0.1, 0.15) is 25.7 Å². The van der Waals surface area contributed by atoms with Crippen LogP contribution in [0, 0.1) is 5.92 Å². The van der Waals surface area contributed by atoms with Crippen LogP contribution < -0.4 is 0 Å². The molecule has 1 aliphatic rings. The third-order valence-electron chi connectivity index (χ3n) is 2.10. The number of thiol groups is 1. The molecule has 0 aliphatic heterocycles. The zero-order chi connectivity index (χ0) is 6.69. The minimum absolute atomic E-state index is 0.724. The maximum Gasteiger partial charge on any atom is -0.00322 e. The highest BCUT2D eigenvalue weighted by Crippen LogP contribution is 2.28. The van der Waals surface area contributed by atoms with E-state index in [1.54, 1.807) is 0 Å². The van der Waals surface area contributed by atoms with Crippen LogP contribution in [0.4, 0.5) is 0 Å². The summed E-state index contributed by atoms with van der Waals surface area (Å²) < 4.78 is 0. The van der Waals surface area contributed by atoms with Crippen molar-refractivity contribution in [1.82, 2.24) is 0 Å². The van der Waals surface area contributed by atoms with E-state index in [2.05, 4.69) is 19.2 Å². The lowest BCUT2D eigenvalue weighted by molar-refractivity contribution is 0.492. The van der Waals surface area contributed by atoms with Crippen molar-refractivity contribution in [3.05, 3.63) is 12.2 Å². The molecular formula is C8H14S. The molecule has 1 rings (SSSR count). The molecule has 0 aromatic carbocycles. The highest BCUT2D eigenvalue weighted by molar-refractivity contribution is 7.80. The molecule has 9 heavy (non-hydrogen) atoms. The number of hydrogen-bond donors (Lipinski definition) is 1. The molecule has 0 nitrogen and oxygen atoms in total. The molecule has 1 atom stereocenters. The third kappa shape index (κ3) is 1.75. The summed E-state index contributed by atoms with van der Waals surface area (Å²) >= 11 is 4.26. The van der Waals surface area contributed by atoms with Crippen molar-refractivity contribution in [2.45, 2.75) is 25.7 Å². The third-order valence-corrected chi connectivity index (χ3v) is 2.54. The highest BCUT2D eigenvalue weighted by atomic mass is 32.1. The molecule has 1 saturated carbocycles. The van der Waals surface area contributed by atoms with E-state index in [-0.39, 0.29) is 0 Å². The Morgan fingerprint density at radius 1 is 1.56 bits per heavy atom.